The number of aryl methyl sites for hydroxylation is 1. The number of halogens is 2. The van der Waals surface area contributed by atoms with Gasteiger partial charge in [-0.05, 0) is 34.1 Å². The summed E-state index contributed by atoms with van der Waals surface area (Å²) in [5.74, 6) is -0.228. The maximum atomic E-state index is 13.0. The third kappa shape index (κ3) is 1.26. The van der Waals surface area contributed by atoms with Crippen molar-refractivity contribution in [2.75, 3.05) is 0 Å². The zero-order chi connectivity index (χ0) is 10.3. The van der Waals surface area contributed by atoms with Crippen molar-refractivity contribution in [1.29, 1.82) is 0 Å². The summed E-state index contributed by atoms with van der Waals surface area (Å²) in [5, 5.41) is 1.00. The van der Waals surface area contributed by atoms with Gasteiger partial charge in [0, 0.05) is 24.5 Å². The minimum absolute atomic E-state index is 0.228. The number of fused-ring (bicyclic) bond motifs is 1. The molecule has 0 aliphatic carbocycles. The Labute approximate surface area is 89.6 Å². The van der Waals surface area contributed by atoms with Gasteiger partial charge < -0.3 is 10.3 Å². The molecule has 0 aliphatic rings. The Bertz CT molecular complexity index is 490. The Morgan fingerprint density at radius 2 is 2.21 bits per heavy atom. The predicted molar refractivity (Wildman–Crippen MR) is 58.5 cm³/mol. The van der Waals surface area contributed by atoms with Crippen molar-refractivity contribution in [3.05, 3.63) is 34.2 Å². The predicted octanol–water partition coefficient (Wildman–Crippen LogP) is 2.54. The van der Waals surface area contributed by atoms with E-state index in [4.69, 9.17) is 5.73 Å². The number of benzene rings is 1. The van der Waals surface area contributed by atoms with Crippen LogP contribution in [0.2, 0.25) is 0 Å². The van der Waals surface area contributed by atoms with E-state index >= 15 is 0 Å². The Kier molecular flexibility index (Phi) is 2.33. The van der Waals surface area contributed by atoms with Gasteiger partial charge in [0.25, 0.3) is 0 Å². The molecule has 0 aliphatic heterocycles. The summed E-state index contributed by atoms with van der Waals surface area (Å²) in [6.45, 7) is 0.448. The molecular weight excluding hydrogens is 247 g/mol. The van der Waals surface area contributed by atoms with Crippen LogP contribution < -0.4 is 5.73 Å². The lowest BCUT2D eigenvalue weighted by atomic mass is 10.2. The van der Waals surface area contributed by atoms with Crippen LogP contribution in [0.5, 0.6) is 0 Å². The molecule has 0 unspecified atom stereocenters. The van der Waals surface area contributed by atoms with Crippen LogP contribution in [0.3, 0.4) is 0 Å². The number of aromatic nitrogens is 1. The first kappa shape index (κ1) is 9.68. The summed E-state index contributed by atoms with van der Waals surface area (Å²) in [5.41, 5.74) is 7.51. The second-order valence-electron chi connectivity index (χ2n) is 3.19. The van der Waals surface area contributed by atoms with Crippen LogP contribution in [0.25, 0.3) is 10.9 Å². The highest BCUT2D eigenvalue weighted by Gasteiger charge is 2.11. The number of nitrogens with zero attached hydrogens (tertiary/aromatic N) is 1. The third-order valence-corrected chi connectivity index (χ3v) is 3.40. The number of hydrogen-bond acceptors (Lipinski definition) is 1. The number of hydrogen-bond donors (Lipinski definition) is 1. The van der Waals surface area contributed by atoms with Crippen LogP contribution in [0.1, 0.15) is 5.56 Å². The molecule has 2 N–H and O–H groups in total. The third-order valence-electron chi connectivity index (χ3n) is 2.39. The van der Waals surface area contributed by atoms with Crippen LogP contribution in [-0.4, -0.2) is 4.57 Å². The molecule has 0 fully saturated rings. The number of nitrogens with two attached hydrogens (primary N) is 1. The molecule has 2 aromatic rings. The van der Waals surface area contributed by atoms with Crippen LogP contribution >= 0.6 is 15.9 Å². The standard InChI is InChI=1S/C10H10BrFN2/c1-14-9-4-6(12)2-3-7(9)8(5-13)10(14)11/h2-4H,5,13H2,1H3. The highest BCUT2D eigenvalue weighted by molar-refractivity contribution is 9.10. The molecule has 74 valence electrons. The molecule has 0 radical (unpaired) electrons. The minimum atomic E-state index is -0.228. The van der Waals surface area contributed by atoms with E-state index in [0.717, 1.165) is 21.1 Å². The zero-order valence-corrected chi connectivity index (χ0v) is 9.31. The Hall–Kier alpha value is -0.870. The SMILES string of the molecule is Cn1c(Br)c(CN)c2ccc(F)cc21. The van der Waals surface area contributed by atoms with E-state index in [9.17, 15) is 4.39 Å². The van der Waals surface area contributed by atoms with Gasteiger partial charge in [0.2, 0.25) is 0 Å². The zero-order valence-electron chi connectivity index (χ0n) is 7.72. The van der Waals surface area contributed by atoms with Gasteiger partial charge in [0.1, 0.15) is 5.82 Å². The van der Waals surface area contributed by atoms with Gasteiger partial charge in [-0.2, -0.15) is 0 Å². The van der Waals surface area contributed by atoms with Gasteiger partial charge in [-0.25, -0.2) is 4.39 Å². The normalized spacial score (nSPS) is 11.1. The van der Waals surface area contributed by atoms with Crippen molar-refractivity contribution < 1.29 is 4.39 Å². The van der Waals surface area contributed by atoms with E-state index in [2.05, 4.69) is 15.9 Å². The molecule has 2 nitrogen and oxygen atoms in total. The molecule has 0 atom stereocenters. The average Bonchev–Trinajstić information content (AvgIpc) is 2.41. The molecule has 0 spiro atoms. The summed E-state index contributed by atoms with van der Waals surface area (Å²) in [6.07, 6.45) is 0. The Morgan fingerprint density at radius 3 is 2.86 bits per heavy atom. The van der Waals surface area contributed by atoms with Crippen molar-refractivity contribution in [3.63, 3.8) is 0 Å². The van der Waals surface area contributed by atoms with Gasteiger partial charge >= 0.3 is 0 Å². The summed E-state index contributed by atoms with van der Waals surface area (Å²) < 4.78 is 15.8. The van der Waals surface area contributed by atoms with Crippen LogP contribution in [0.4, 0.5) is 4.39 Å². The van der Waals surface area contributed by atoms with E-state index < -0.39 is 0 Å². The molecule has 1 heterocycles. The quantitative estimate of drug-likeness (QED) is 0.836. The molecule has 1 aromatic carbocycles. The van der Waals surface area contributed by atoms with Crippen molar-refractivity contribution >= 4 is 26.8 Å². The first-order valence-electron chi connectivity index (χ1n) is 4.27. The van der Waals surface area contributed by atoms with E-state index in [0.29, 0.717) is 6.54 Å². The van der Waals surface area contributed by atoms with Crippen molar-refractivity contribution in [3.8, 4) is 0 Å². The maximum Gasteiger partial charge on any atom is 0.125 e. The minimum Gasteiger partial charge on any atom is -0.338 e. The van der Waals surface area contributed by atoms with E-state index in [1.54, 1.807) is 6.07 Å². The largest absolute Gasteiger partial charge is 0.338 e. The maximum absolute atomic E-state index is 13.0. The summed E-state index contributed by atoms with van der Waals surface area (Å²) in [6, 6.07) is 4.73. The van der Waals surface area contributed by atoms with E-state index in [1.807, 2.05) is 11.6 Å². The van der Waals surface area contributed by atoms with Gasteiger partial charge in [0.05, 0.1) is 10.1 Å². The monoisotopic (exact) mass is 256 g/mol. The molecule has 14 heavy (non-hydrogen) atoms. The van der Waals surface area contributed by atoms with Crippen molar-refractivity contribution in [2.24, 2.45) is 12.8 Å². The molecule has 2 rings (SSSR count). The molecular formula is C10H10BrFN2. The first-order chi connectivity index (χ1) is 6.65. The topological polar surface area (TPSA) is 30.9 Å². The first-order valence-corrected chi connectivity index (χ1v) is 5.07. The van der Waals surface area contributed by atoms with E-state index in [-0.39, 0.29) is 5.82 Å². The summed E-state index contributed by atoms with van der Waals surface area (Å²) in [4.78, 5) is 0. The fourth-order valence-corrected chi connectivity index (χ4v) is 2.22. The molecule has 0 saturated carbocycles. The lowest BCUT2D eigenvalue weighted by Gasteiger charge is -1.96. The van der Waals surface area contributed by atoms with Gasteiger partial charge in [-0.1, -0.05) is 0 Å². The molecule has 4 heteroatoms. The lowest BCUT2D eigenvalue weighted by molar-refractivity contribution is 0.629. The van der Waals surface area contributed by atoms with Crippen LogP contribution in [-0.2, 0) is 13.6 Å². The Balaban J connectivity index is 2.88. The van der Waals surface area contributed by atoms with E-state index in [1.165, 1.54) is 12.1 Å². The second kappa shape index (κ2) is 3.37. The summed E-state index contributed by atoms with van der Waals surface area (Å²) >= 11 is 3.44. The Morgan fingerprint density at radius 1 is 1.50 bits per heavy atom. The van der Waals surface area contributed by atoms with Crippen molar-refractivity contribution in [2.45, 2.75) is 6.54 Å². The smallest absolute Gasteiger partial charge is 0.125 e. The fraction of sp³-hybridized carbons (Fsp3) is 0.200. The highest BCUT2D eigenvalue weighted by atomic mass is 79.9. The fourth-order valence-electron chi connectivity index (χ4n) is 1.65. The molecule has 0 bridgehead atoms. The highest BCUT2D eigenvalue weighted by Crippen LogP contribution is 2.29. The summed E-state index contributed by atoms with van der Waals surface area (Å²) in [7, 11) is 1.88. The molecule has 0 amide bonds. The second-order valence-corrected chi connectivity index (χ2v) is 3.95. The van der Waals surface area contributed by atoms with Gasteiger partial charge in [0.15, 0.2) is 0 Å². The molecule has 0 saturated heterocycles. The van der Waals surface area contributed by atoms with Crippen LogP contribution in [0, 0.1) is 5.82 Å². The van der Waals surface area contributed by atoms with Gasteiger partial charge in [-0.3, -0.25) is 0 Å². The number of rotatable bonds is 1. The van der Waals surface area contributed by atoms with Gasteiger partial charge in [-0.15, -0.1) is 0 Å². The molecule has 1 aromatic heterocycles. The average molecular weight is 257 g/mol. The van der Waals surface area contributed by atoms with Crippen LogP contribution in [0.15, 0.2) is 22.8 Å². The lowest BCUT2D eigenvalue weighted by Crippen LogP contribution is -1.96. The van der Waals surface area contributed by atoms with Crippen molar-refractivity contribution in [1.82, 2.24) is 4.57 Å².